The van der Waals surface area contributed by atoms with Gasteiger partial charge in [0.25, 0.3) is 0 Å². The molecule has 0 aliphatic carbocycles. The van der Waals surface area contributed by atoms with Crippen molar-refractivity contribution in [3.8, 4) is 0 Å². The highest BCUT2D eigenvalue weighted by molar-refractivity contribution is 7.60. The van der Waals surface area contributed by atoms with E-state index in [1.807, 2.05) is 6.92 Å². The minimum absolute atomic E-state index is 0.531. The number of rotatable bonds is 14. The maximum Gasteiger partial charge on any atom is 0.474 e. The Hall–Kier alpha value is 0.500. The van der Waals surface area contributed by atoms with Crippen LogP contribution in [0.25, 0.3) is 0 Å². The standard InChI is InChI=1S/C15H34O5P2/c1-4-6-8-10-12-14-15(3,13-11-9-7-5-2)21(16)20-22(17,18)19/h16H,4-14H2,1-3H3,(H2,17,18,19). The van der Waals surface area contributed by atoms with E-state index >= 15 is 0 Å². The molecule has 0 saturated heterocycles. The second kappa shape index (κ2) is 11.9. The number of hydrogen-bond donors (Lipinski definition) is 3. The normalized spacial score (nSPS) is 16.5. The molecule has 0 spiro atoms. The highest BCUT2D eigenvalue weighted by atomic mass is 31.3. The molecule has 134 valence electrons. The smallest absolute Gasteiger partial charge is 0.349 e. The van der Waals surface area contributed by atoms with Gasteiger partial charge in [-0.3, -0.25) is 0 Å². The van der Waals surface area contributed by atoms with Crippen LogP contribution in [0.3, 0.4) is 0 Å². The third-order valence-electron chi connectivity index (χ3n) is 4.03. The lowest BCUT2D eigenvalue weighted by Crippen LogP contribution is -2.23. The zero-order chi connectivity index (χ0) is 17.1. The van der Waals surface area contributed by atoms with Gasteiger partial charge >= 0.3 is 7.82 Å². The quantitative estimate of drug-likeness (QED) is 0.283. The van der Waals surface area contributed by atoms with Crippen molar-refractivity contribution < 1.29 is 23.6 Å². The molecule has 0 saturated carbocycles. The summed E-state index contributed by atoms with van der Waals surface area (Å²) < 4.78 is 15.6. The summed E-state index contributed by atoms with van der Waals surface area (Å²) in [6.07, 6.45) is 11.5. The van der Waals surface area contributed by atoms with Gasteiger partial charge in [0.15, 0.2) is 8.38 Å². The van der Waals surface area contributed by atoms with Crippen LogP contribution in [-0.2, 0) is 8.88 Å². The summed E-state index contributed by atoms with van der Waals surface area (Å²) in [4.78, 5) is 28.1. The molecule has 0 rings (SSSR count). The molecule has 0 aromatic heterocycles. The Morgan fingerprint density at radius 2 is 1.32 bits per heavy atom. The first-order chi connectivity index (χ1) is 10.2. The van der Waals surface area contributed by atoms with Crippen molar-refractivity contribution >= 4 is 16.2 Å². The first-order valence-electron chi connectivity index (χ1n) is 8.49. The van der Waals surface area contributed by atoms with E-state index in [2.05, 4.69) is 18.2 Å². The van der Waals surface area contributed by atoms with Gasteiger partial charge in [0, 0.05) is 5.16 Å². The van der Waals surface area contributed by atoms with Crippen LogP contribution >= 0.6 is 16.2 Å². The third kappa shape index (κ3) is 11.1. The Morgan fingerprint density at radius 3 is 1.73 bits per heavy atom. The van der Waals surface area contributed by atoms with Gasteiger partial charge in [-0.05, 0) is 12.8 Å². The zero-order valence-electron chi connectivity index (χ0n) is 14.3. The van der Waals surface area contributed by atoms with Crippen LogP contribution in [0.15, 0.2) is 0 Å². The molecule has 2 atom stereocenters. The van der Waals surface area contributed by atoms with Gasteiger partial charge in [-0.25, -0.2) is 8.88 Å². The molecule has 0 fully saturated rings. The average Bonchev–Trinajstić information content (AvgIpc) is 2.41. The van der Waals surface area contributed by atoms with Gasteiger partial charge < -0.3 is 14.7 Å². The summed E-state index contributed by atoms with van der Waals surface area (Å²) in [6, 6.07) is 0. The van der Waals surface area contributed by atoms with E-state index < -0.39 is 21.4 Å². The summed E-state index contributed by atoms with van der Waals surface area (Å²) in [5, 5.41) is -0.531. The molecule has 0 aliphatic rings. The van der Waals surface area contributed by atoms with Crippen LogP contribution in [0.5, 0.6) is 0 Å². The SMILES string of the molecule is CCCCCCCC(C)(CCCCCC)P(O)OP(=O)(O)O. The molecule has 3 N–H and O–H groups in total. The summed E-state index contributed by atoms with van der Waals surface area (Å²) in [6.45, 7) is 6.21. The average molecular weight is 356 g/mol. The maximum absolute atomic E-state index is 11.0. The van der Waals surface area contributed by atoms with Crippen molar-refractivity contribution in [2.45, 2.75) is 96.6 Å². The van der Waals surface area contributed by atoms with Crippen molar-refractivity contribution in [1.82, 2.24) is 0 Å². The monoisotopic (exact) mass is 356 g/mol. The summed E-state index contributed by atoms with van der Waals surface area (Å²) in [5.41, 5.74) is 0. The van der Waals surface area contributed by atoms with Crippen LogP contribution < -0.4 is 0 Å². The van der Waals surface area contributed by atoms with E-state index in [1.54, 1.807) is 0 Å². The molecule has 0 aliphatic heterocycles. The molecule has 0 heterocycles. The van der Waals surface area contributed by atoms with Gasteiger partial charge in [-0.1, -0.05) is 78.6 Å². The molecule has 0 aromatic rings. The molecular formula is C15H34O5P2. The Morgan fingerprint density at radius 1 is 0.909 bits per heavy atom. The number of unbranched alkanes of at least 4 members (excludes halogenated alkanes) is 7. The molecule has 0 bridgehead atoms. The van der Waals surface area contributed by atoms with Crippen molar-refractivity contribution in [3.63, 3.8) is 0 Å². The Bertz CT molecular complexity index is 321. The van der Waals surface area contributed by atoms with Gasteiger partial charge in [0.05, 0.1) is 0 Å². The van der Waals surface area contributed by atoms with Crippen LogP contribution in [-0.4, -0.2) is 19.8 Å². The van der Waals surface area contributed by atoms with Crippen LogP contribution in [0, 0.1) is 0 Å². The predicted molar refractivity (Wildman–Crippen MR) is 92.8 cm³/mol. The second-order valence-corrected chi connectivity index (χ2v) is 9.58. The predicted octanol–water partition coefficient (Wildman–Crippen LogP) is 5.49. The van der Waals surface area contributed by atoms with Gasteiger partial charge in [0.2, 0.25) is 0 Å². The highest BCUT2D eigenvalue weighted by Gasteiger charge is 2.38. The van der Waals surface area contributed by atoms with Crippen molar-refractivity contribution in [2.24, 2.45) is 0 Å². The maximum atomic E-state index is 11.0. The first kappa shape index (κ1) is 22.5. The molecule has 2 unspecified atom stereocenters. The molecular weight excluding hydrogens is 322 g/mol. The summed E-state index contributed by atoms with van der Waals surface area (Å²) in [5.74, 6) is 0. The van der Waals surface area contributed by atoms with E-state index in [1.165, 1.54) is 19.3 Å². The van der Waals surface area contributed by atoms with Gasteiger partial charge in [0.1, 0.15) is 0 Å². The number of hydrogen-bond acceptors (Lipinski definition) is 3. The summed E-state index contributed by atoms with van der Waals surface area (Å²) in [7, 11) is -6.76. The van der Waals surface area contributed by atoms with E-state index in [0.29, 0.717) is 0 Å². The fraction of sp³-hybridized carbons (Fsp3) is 1.00. The topological polar surface area (TPSA) is 87.0 Å². The van der Waals surface area contributed by atoms with Crippen molar-refractivity contribution in [1.29, 1.82) is 0 Å². The van der Waals surface area contributed by atoms with Crippen molar-refractivity contribution in [2.75, 3.05) is 0 Å². The van der Waals surface area contributed by atoms with Gasteiger partial charge in [-0.15, -0.1) is 0 Å². The van der Waals surface area contributed by atoms with E-state index in [0.717, 1.165) is 51.4 Å². The van der Waals surface area contributed by atoms with Crippen molar-refractivity contribution in [3.05, 3.63) is 0 Å². The molecule has 22 heavy (non-hydrogen) atoms. The van der Waals surface area contributed by atoms with E-state index in [-0.39, 0.29) is 0 Å². The number of phosphoric acid groups is 1. The minimum Gasteiger partial charge on any atom is -0.349 e. The lowest BCUT2D eigenvalue weighted by Gasteiger charge is -2.33. The first-order valence-corrected chi connectivity index (χ1v) is 11.2. The Balaban J connectivity index is 4.48. The fourth-order valence-electron chi connectivity index (χ4n) is 2.56. The Labute approximate surface area is 137 Å². The lowest BCUT2D eigenvalue weighted by atomic mass is 9.95. The molecule has 7 heteroatoms. The molecule has 5 nitrogen and oxygen atoms in total. The van der Waals surface area contributed by atoms with E-state index in [4.69, 9.17) is 9.79 Å². The minimum atomic E-state index is -4.63. The lowest BCUT2D eigenvalue weighted by molar-refractivity contribution is 0.271. The fourth-order valence-corrected chi connectivity index (χ4v) is 4.85. The molecule has 0 radical (unpaired) electrons. The van der Waals surface area contributed by atoms with Crippen LogP contribution in [0.4, 0.5) is 0 Å². The second-order valence-electron chi connectivity index (χ2n) is 6.32. The highest BCUT2D eigenvalue weighted by Crippen LogP contribution is 2.61. The largest absolute Gasteiger partial charge is 0.474 e. The third-order valence-corrected chi connectivity index (χ3v) is 6.87. The molecule has 0 aromatic carbocycles. The van der Waals surface area contributed by atoms with E-state index in [9.17, 15) is 9.46 Å². The molecule has 0 amide bonds. The van der Waals surface area contributed by atoms with Gasteiger partial charge in [-0.2, -0.15) is 0 Å². The Kier molecular flexibility index (Phi) is 12.2. The zero-order valence-corrected chi connectivity index (χ0v) is 16.1. The summed E-state index contributed by atoms with van der Waals surface area (Å²) >= 11 is 0. The van der Waals surface area contributed by atoms with Crippen LogP contribution in [0.1, 0.15) is 91.4 Å². The van der Waals surface area contributed by atoms with Crippen LogP contribution in [0.2, 0.25) is 0 Å².